The highest BCUT2D eigenvalue weighted by molar-refractivity contribution is 5.95. The van der Waals surface area contributed by atoms with Crippen LogP contribution in [0.2, 0.25) is 0 Å². The SMILES string of the molecule is Cc1c(C(=O)N2CCCC2C2CCCCC2O)cnn1C. The second-order valence-electron chi connectivity index (χ2n) is 6.49. The smallest absolute Gasteiger partial charge is 0.257 e. The van der Waals surface area contributed by atoms with Gasteiger partial charge in [0.1, 0.15) is 0 Å². The Morgan fingerprint density at radius 1 is 1.29 bits per heavy atom. The van der Waals surface area contributed by atoms with Crippen LogP contribution < -0.4 is 0 Å². The van der Waals surface area contributed by atoms with Crippen molar-refractivity contribution in [1.29, 1.82) is 0 Å². The van der Waals surface area contributed by atoms with Crippen molar-refractivity contribution in [2.24, 2.45) is 13.0 Å². The number of amides is 1. The molecular weight excluding hydrogens is 266 g/mol. The highest BCUT2D eigenvalue weighted by Crippen LogP contribution is 2.35. The molecule has 5 nitrogen and oxygen atoms in total. The van der Waals surface area contributed by atoms with Gasteiger partial charge in [-0.05, 0) is 32.6 Å². The van der Waals surface area contributed by atoms with Gasteiger partial charge >= 0.3 is 0 Å². The second-order valence-corrected chi connectivity index (χ2v) is 6.49. The Hall–Kier alpha value is -1.36. The molecule has 1 saturated carbocycles. The van der Waals surface area contributed by atoms with Crippen LogP contribution in [-0.2, 0) is 7.05 Å². The number of hydrogen-bond acceptors (Lipinski definition) is 3. The number of hydrogen-bond donors (Lipinski definition) is 1. The molecule has 2 fully saturated rings. The van der Waals surface area contributed by atoms with Crippen LogP contribution in [0.5, 0.6) is 0 Å². The molecule has 0 spiro atoms. The highest BCUT2D eigenvalue weighted by atomic mass is 16.3. The molecule has 1 aliphatic carbocycles. The fourth-order valence-electron chi connectivity index (χ4n) is 3.94. The number of aryl methyl sites for hydroxylation is 1. The van der Waals surface area contributed by atoms with Gasteiger partial charge in [-0.3, -0.25) is 9.48 Å². The van der Waals surface area contributed by atoms with Crippen LogP contribution in [0.25, 0.3) is 0 Å². The van der Waals surface area contributed by atoms with Gasteiger partial charge in [0.2, 0.25) is 0 Å². The summed E-state index contributed by atoms with van der Waals surface area (Å²) in [6.45, 7) is 2.74. The van der Waals surface area contributed by atoms with Crippen LogP contribution in [0.15, 0.2) is 6.20 Å². The van der Waals surface area contributed by atoms with Gasteiger partial charge in [0, 0.05) is 31.2 Å². The van der Waals surface area contributed by atoms with Crippen LogP contribution >= 0.6 is 0 Å². The number of likely N-dealkylation sites (tertiary alicyclic amines) is 1. The van der Waals surface area contributed by atoms with E-state index < -0.39 is 0 Å². The molecule has 0 bridgehead atoms. The number of rotatable bonds is 2. The summed E-state index contributed by atoms with van der Waals surface area (Å²) in [7, 11) is 1.86. The van der Waals surface area contributed by atoms with Crippen molar-refractivity contribution in [2.75, 3.05) is 6.54 Å². The first-order valence-electron chi connectivity index (χ1n) is 8.07. The molecule has 1 aliphatic heterocycles. The molecule has 1 N–H and O–H groups in total. The zero-order chi connectivity index (χ0) is 15.0. The summed E-state index contributed by atoms with van der Waals surface area (Å²) in [4.78, 5) is 14.8. The van der Waals surface area contributed by atoms with E-state index in [9.17, 15) is 9.90 Å². The Bertz CT molecular complexity index is 526. The molecule has 2 aliphatic rings. The normalized spacial score (nSPS) is 29.9. The maximum atomic E-state index is 12.8. The van der Waals surface area contributed by atoms with Gasteiger partial charge in [-0.15, -0.1) is 0 Å². The maximum absolute atomic E-state index is 12.8. The maximum Gasteiger partial charge on any atom is 0.257 e. The van der Waals surface area contributed by atoms with Gasteiger partial charge in [0.15, 0.2) is 0 Å². The lowest BCUT2D eigenvalue weighted by Crippen LogP contribution is -2.45. The number of nitrogens with zero attached hydrogens (tertiary/aromatic N) is 3. The van der Waals surface area contributed by atoms with Crippen molar-refractivity contribution in [3.05, 3.63) is 17.5 Å². The van der Waals surface area contributed by atoms with E-state index in [1.165, 1.54) is 6.42 Å². The van der Waals surface area contributed by atoms with E-state index in [2.05, 4.69) is 5.10 Å². The molecule has 3 unspecified atom stereocenters. The Kier molecular flexibility index (Phi) is 4.02. The molecule has 116 valence electrons. The molecule has 2 heterocycles. The molecule has 3 atom stereocenters. The molecule has 1 amide bonds. The van der Waals surface area contributed by atoms with Crippen LogP contribution in [-0.4, -0.2) is 44.4 Å². The number of aliphatic hydroxyl groups excluding tert-OH is 1. The molecule has 0 radical (unpaired) electrons. The lowest BCUT2D eigenvalue weighted by atomic mass is 9.80. The van der Waals surface area contributed by atoms with E-state index >= 15 is 0 Å². The van der Waals surface area contributed by atoms with Crippen LogP contribution in [0.4, 0.5) is 0 Å². The standard InChI is InChI=1S/C16H25N3O2/c1-11-13(10-17-18(11)2)16(21)19-9-5-7-14(19)12-6-3-4-8-15(12)20/h10,12,14-15,20H,3-9H2,1-2H3. The third kappa shape index (κ3) is 2.59. The minimum atomic E-state index is -0.243. The Morgan fingerprint density at radius 2 is 2.05 bits per heavy atom. The molecule has 1 aromatic rings. The van der Waals surface area contributed by atoms with Gasteiger partial charge in [-0.25, -0.2) is 0 Å². The Morgan fingerprint density at radius 3 is 2.71 bits per heavy atom. The average molecular weight is 291 g/mol. The Labute approximate surface area is 125 Å². The topological polar surface area (TPSA) is 58.4 Å². The monoisotopic (exact) mass is 291 g/mol. The minimum Gasteiger partial charge on any atom is -0.393 e. The summed E-state index contributed by atoms with van der Waals surface area (Å²) >= 11 is 0. The van der Waals surface area contributed by atoms with E-state index in [1.807, 2.05) is 18.9 Å². The second kappa shape index (κ2) is 5.79. The molecule has 1 aromatic heterocycles. The van der Waals surface area contributed by atoms with Gasteiger partial charge in [0.25, 0.3) is 5.91 Å². The zero-order valence-electron chi connectivity index (χ0n) is 13.0. The third-order valence-electron chi connectivity index (χ3n) is 5.30. The van der Waals surface area contributed by atoms with E-state index in [0.717, 1.165) is 44.3 Å². The molecular formula is C16H25N3O2. The molecule has 5 heteroatoms. The molecule has 3 rings (SSSR count). The van der Waals surface area contributed by atoms with Gasteiger partial charge in [-0.2, -0.15) is 5.10 Å². The van der Waals surface area contributed by atoms with Crippen molar-refractivity contribution in [3.63, 3.8) is 0 Å². The fraction of sp³-hybridized carbons (Fsp3) is 0.750. The fourth-order valence-corrected chi connectivity index (χ4v) is 3.94. The number of aromatic nitrogens is 2. The van der Waals surface area contributed by atoms with E-state index in [4.69, 9.17) is 0 Å². The third-order valence-corrected chi connectivity index (χ3v) is 5.30. The van der Waals surface area contributed by atoms with Crippen molar-refractivity contribution in [3.8, 4) is 0 Å². The van der Waals surface area contributed by atoms with Crippen molar-refractivity contribution < 1.29 is 9.90 Å². The minimum absolute atomic E-state index is 0.0841. The van der Waals surface area contributed by atoms with Crippen molar-refractivity contribution in [1.82, 2.24) is 14.7 Å². The predicted octanol–water partition coefficient (Wildman–Crippen LogP) is 1.88. The van der Waals surface area contributed by atoms with Gasteiger partial charge < -0.3 is 10.0 Å². The summed E-state index contributed by atoms with van der Waals surface area (Å²) in [5, 5.41) is 14.5. The summed E-state index contributed by atoms with van der Waals surface area (Å²) in [6, 6.07) is 0.201. The van der Waals surface area contributed by atoms with E-state index in [1.54, 1.807) is 10.9 Å². The van der Waals surface area contributed by atoms with Gasteiger partial charge in [0.05, 0.1) is 17.9 Å². The summed E-state index contributed by atoms with van der Waals surface area (Å²) in [5.41, 5.74) is 1.62. The molecule has 0 aromatic carbocycles. The highest BCUT2D eigenvalue weighted by Gasteiger charge is 2.39. The summed E-state index contributed by atoms with van der Waals surface area (Å²) in [6.07, 6.45) is 7.70. The lowest BCUT2D eigenvalue weighted by Gasteiger charge is -2.37. The number of aliphatic hydroxyl groups is 1. The van der Waals surface area contributed by atoms with Crippen molar-refractivity contribution in [2.45, 2.75) is 57.6 Å². The average Bonchev–Trinajstić information content (AvgIpc) is 3.07. The molecule has 21 heavy (non-hydrogen) atoms. The number of carbonyl (C=O) groups is 1. The van der Waals surface area contributed by atoms with Crippen LogP contribution in [0, 0.1) is 12.8 Å². The first-order chi connectivity index (χ1) is 10.1. The summed E-state index contributed by atoms with van der Waals surface area (Å²) < 4.78 is 1.74. The van der Waals surface area contributed by atoms with Crippen LogP contribution in [0.3, 0.4) is 0 Å². The van der Waals surface area contributed by atoms with Crippen LogP contribution in [0.1, 0.15) is 54.6 Å². The number of carbonyl (C=O) groups excluding carboxylic acids is 1. The lowest BCUT2D eigenvalue weighted by molar-refractivity contribution is 0.0211. The van der Waals surface area contributed by atoms with Gasteiger partial charge in [-0.1, -0.05) is 12.8 Å². The largest absolute Gasteiger partial charge is 0.393 e. The predicted molar refractivity (Wildman–Crippen MR) is 80.0 cm³/mol. The Balaban J connectivity index is 1.80. The first kappa shape index (κ1) is 14.6. The molecule has 1 saturated heterocycles. The van der Waals surface area contributed by atoms with E-state index in [-0.39, 0.29) is 24.0 Å². The zero-order valence-corrected chi connectivity index (χ0v) is 13.0. The summed E-state index contributed by atoms with van der Waals surface area (Å²) in [5.74, 6) is 0.336. The van der Waals surface area contributed by atoms with E-state index in [0.29, 0.717) is 5.56 Å². The first-order valence-corrected chi connectivity index (χ1v) is 8.07. The van der Waals surface area contributed by atoms with Crippen molar-refractivity contribution >= 4 is 5.91 Å². The quantitative estimate of drug-likeness (QED) is 0.905.